The molecule has 2 atom stereocenters. The first-order chi connectivity index (χ1) is 13.9. The van der Waals surface area contributed by atoms with Crippen LogP contribution in [0.1, 0.15) is 129 Å². The fraction of sp³-hybridized carbons (Fsp3) is 0.846. The van der Waals surface area contributed by atoms with Crippen molar-refractivity contribution in [1.82, 2.24) is 0 Å². The highest BCUT2D eigenvalue weighted by molar-refractivity contribution is 4.92. The molecule has 0 saturated heterocycles. The molecule has 162 valence electrons. The molecule has 0 saturated carbocycles. The Balaban J connectivity index is 2.43. The van der Waals surface area contributed by atoms with Gasteiger partial charge in [0.2, 0.25) is 0 Å². The minimum absolute atomic E-state index is 0.401. The molecule has 0 aliphatic carbocycles. The zero-order chi connectivity index (χ0) is 20.1. The summed E-state index contributed by atoms with van der Waals surface area (Å²) in [5, 5.41) is 9.68. The van der Waals surface area contributed by atoms with E-state index in [9.17, 15) is 0 Å². The van der Waals surface area contributed by atoms with Crippen LogP contribution in [0.3, 0.4) is 0 Å². The van der Waals surface area contributed by atoms with Crippen LogP contribution in [0.2, 0.25) is 0 Å². The molecule has 0 fully saturated rings. The van der Waals surface area contributed by atoms with Crippen LogP contribution in [-0.2, 0) is 0 Å². The van der Waals surface area contributed by atoms with Gasteiger partial charge in [-0.05, 0) is 38.5 Å². The topological polar surface area (TPSA) is 24.7 Å². The standard InChI is InChI=1S/C26H48N2/c1-3-5-7-9-13-17-21-25-23-19-15-11-12-16-20-24-26(28-27-25)22-18-14-10-8-6-4-2/h15-16,19-20,25-26H,3-14,17-18,21-24H2,1-2H3/b19-15-,20-16-,28-27?. The van der Waals surface area contributed by atoms with E-state index in [2.05, 4.69) is 38.2 Å². The van der Waals surface area contributed by atoms with Gasteiger partial charge in [0.1, 0.15) is 0 Å². The molecule has 1 aliphatic heterocycles. The zero-order valence-corrected chi connectivity index (χ0v) is 19.1. The molecule has 28 heavy (non-hydrogen) atoms. The van der Waals surface area contributed by atoms with Gasteiger partial charge in [0.15, 0.2) is 0 Å². The number of hydrogen-bond donors (Lipinski definition) is 0. The summed E-state index contributed by atoms with van der Waals surface area (Å²) in [5.41, 5.74) is 0. The van der Waals surface area contributed by atoms with Crippen molar-refractivity contribution in [3.8, 4) is 0 Å². The van der Waals surface area contributed by atoms with Crippen LogP contribution in [0.4, 0.5) is 0 Å². The van der Waals surface area contributed by atoms with Gasteiger partial charge in [0.05, 0.1) is 12.1 Å². The van der Waals surface area contributed by atoms with Crippen LogP contribution < -0.4 is 0 Å². The van der Waals surface area contributed by atoms with Crippen molar-refractivity contribution in [2.45, 2.75) is 142 Å². The van der Waals surface area contributed by atoms with E-state index in [1.165, 1.54) is 103 Å². The highest BCUT2D eigenvalue weighted by Crippen LogP contribution is 2.18. The molecule has 2 nitrogen and oxygen atoms in total. The summed E-state index contributed by atoms with van der Waals surface area (Å²) in [6.07, 6.45) is 32.6. The van der Waals surface area contributed by atoms with E-state index < -0.39 is 0 Å². The van der Waals surface area contributed by atoms with Crippen LogP contribution in [-0.4, -0.2) is 12.1 Å². The van der Waals surface area contributed by atoms with Gasteiger partial charge in [-0.15, -0.1) is 0 Å². The molecule has 0 N–H and O–H groups in total. The number of azo groups is 1. The Morgan fingerprint density at radius 3 is 1.36 bits per heavy atom. The summed E-state index contributed by atoms with van der Waals surface area (Å²) in [5.74, 6) is 0. The molecular weight excluding hydrogens is 340 g/mol. The smallest absolute Gasteiger partial charge is 0.0742 e. The monoisotopic (exact) mass is 388 g/mol. The minimum atomic E-state index is 0.401. The maximum Gasteiger partial charge on any atom is 0.0742 e. The lowest BCUT2D eigenvalue weighted by molar-refractivity contribution is 0.483. The first kappa shape index (κ1) is 25.1. The predicted molar refractivity (Wildman–Crippen MR) is 125 cm³/mol. The number of unbranched alkanes of at least 4 members (excludes halogenated alkanes) is 10. The number of hydrogen-bond acceptors (Lipinski definition) is 2. The molecule has 1 heterocycles. The third-order valence-corrected chi connectivity index (χ3v) is 5.82. The van der Waals surface area contributed by atoms with E-state index in [-0.39, 0.29) is 0 Å². The van der Waals surface area contributed by atoms with Gasteiger partial charge in [-0.3, -0.25) is 0 Å². The Bertz CT molecular complexity index is 373. The van der Waals surface area contributed by atoms with E-state index in [0.717, 1.165) is 12.8 Å². The number of nitrogens with zero attached hydrogens (tertiary/aromatic N) is 2. The van der Waals surface area contributed by atoms with Crippen LogP contribution in [0.5, 0.6) is 0 Å². The van der Waals surface area contributed by atoms with E-state index in [1.807, 2.05) is 0 Å². The van der Waals surface area contributed by atoms with Gasteiger partial charge in [-0.25, -0.2) is 0 Å². The van der Waals surface area contributed by atoms with Crippen LogP contribution in [0, 0.1) is 0 Å². The summed E-state index contributed by atoms with van der Waals surface area (Å²) in [4.78, 5) is 0. The zero-order valence-electron chi connectivity index (χ0n) is 19.1. The minimum Gasteiger partial charge on any atom is -0.190 e. The van der Waals surface area contributed by atoms with E-state index >= 15 is 0 Å². The first-order valence-corrected chi connectivity index (χ1v) is 12.6. The molecule has 2 heteroatoms. The van der Waals surface area contributed by atoms with Crippen LogP contribution >= 0.6 is 0 Å². The molecule has 0 aromatic carbocycles. The fourth-order valence-electron chi connectivity index (χ4n) is 3.89. The molecule has 0 aromatic rings. The molecule has 1 rings (SSSR count). The van der Waals surface area contributed by atoms with Gasteiger partial charge < -0.3 is 0 Å². The molecule has 1 aliphatic rings. The highest BCUT2D eigenvalue weighted by Gasteiger charge is 2.09. The molecular formula is C26H48N2. The normalized spacial score (nSPS) is 23.1. The van der Waals surface area contributed by atoms with Gasteiger partial charge in [0, 0.05) is 0 Å². The van der Waals surface area contributed by atoms with Gasteiger partial charge >= 0.3 is 0 Å². The average Bonchev–Trinajstić information content (AvgIpc) is 2.70. The lowest BCUT2D eigenvalue weighted by Gasteiger charge is -2.13. The largest absolute Gasteiger partial charge is 0.190 e. The van der Waals surface area contributed by atoms with Gasteiger partial charge in [-0.1, -0.05) is 115 Å². The summed E-state index contributed by atoms with van der Waals surface area (Å²) < 4.78 is 0. The summed E-state index contributed by atoms with van der Waals surface area (Å²) in [6.45, 7) is 4.57. The van der Waals surface area contributed by atoms with Crippen molar-refractivity contribution in [1.29, 1.82) is 0 Å². The maximum atomic E-state index is 4.84. The van der Waals surface area contributed by atoms with E-state index in [1.54, 1.807) is 0 Å². The van der Waals surface area contributed by atoms with Crippen LogP contribution in [0.15, 0.2) is 34.5 Å². The predicted octanol–water partition coefficient (Wildman–Crippen LogP) is 9.36. The lowest BCUT2D eigenvalue weighted by Crippen LogP contribution is -2.07. The van der Waals surface area contributed by atoms with Crippen molar-refractivity contribution >= 4 is 0 Å². The third kappa shape index (κ3) is 15.1. The van der Waals surface area contributed by atoms with Crippen molar-refractivity contribution < 1.29 is 0 Å². The third-order valence-electron chi connectivity index (χ3n) is 5.82. The Hall–Kier alpha value is -0.920. The second-order valence-corrected chi connectivity index (χ2v) is 8.64. The summed E-state index contributed by atoms with van der Waals surface area (Å²) >= 11 is 0. The Morgan fingerprint density at radius 1 is 0.536 bits per heavy atom. The highest BCUT2D eigenvalue weighted by atomic mass is 15.1. The second kappa shape index (κ2) is 19.4. The Kier molecular flexibility index (Phi) is 17.4. The van der Waals surface area contributed by atoms with Crippen LogP contribution in [0.25, 0.3) is 0 Å². The number of rotatable bonds is 14. The molecule has 0 radical (unpaired) electrons. The van der Waals surface area contributed by atoms with Crippen molar-refractivity contribution in [2.24, 2.45) is 10.2 Å². The Labute approximate surface area is 176 Å². The second-order valence-electron chi connectivity index (χ2n) is 8.64. The number of allylic oxidation sites excluding steroid dienone is 2. The molecule has 0 bridgehead atoms. The van der Waals surface area contributed by atoms with E-state index in [4.69, 9.17) is 10.2 Å². The maximum absolute atomic E-state index is 4.84. The molecule has 0 spiro atoms. The first-order valence-electron chi connectivity index (χ1n) is 12.6. The van der Waals surface area contributed by atoms with Crippen molar-refractivity contribution in [3.63, 3.8) is 0 Å². The van der Waals surface area contributed by atoms with Crippen molar-refractivity contribution in [2.75, 3.05) is 0 Å². The van der Waals surface area contributed by atoms with E-state index in [0.29, 0.717) is 12.1 Å². The average molecular weight is 389 g/mol. The summed E-state index contributed by atoms with van der Waals surface area (Å²) in [7, 11) is 0. The van der Waals surface area contributed by atoms with Gasteiger partial charge in [0.25, 0.3) is 0 Å². The molecule has 0 aromatic heterocycles. The lowest BCUT2D eigenvalue weighted by atomic mass is 10.0. The summed E-state index contributed by atoms with van der Waals surface area (Å²) in [6, 6.07) is 0.802. The quantitative estimate of drug-likeness (QED) is 0.209. The fourth-order valence-corrected chi connectivity index (χ4v) is 3.89. The molecule has 0 amide bonds. The van der Waals surface area contributed by atoms with Gasteiger partial charge in [-0.2, -0.15) is 10.2 Å². The SMILES string of the molecule is CCCCCCCCC1C/C=C\CC/C=C\CC(CCCCCCCC)N=N1. The molecule has 2 unspecified atom stereocenters. The van der Waals surface area contributed by atoms with Crippen molar-refractivity contribution in [3.05, 3.63) is 24.3 Å². The Morgan fingerprint density at radius 2 is 0.929 bits per heavy atom.